The van der Waals surface area contributed by atoms with Crippen LogP contribution in [0.15, 0.2) is 61.4 Å². The highest BCUT2D eigenvalue weighted by molar-refractivity contribution is 5.92. The second kappa shape index (κ2) is 9.01. The van der Waals surface area contributed by atoms with Crippen molar-refractivity contribution in [3.8, 4) is 17.3 Å². The van der Waals surface area contributed by atoms with Gasteiger partial charge in [-0.15, -0.1) is 0 Å². The molecule has 0 unspecified atom stereocenters. The van der Waals surface area contributed by atoms with Crippen LogP contribution in [0.5, 0.6) is 0 Å². The number of H-pyrrole nitrogens is 1. The normalized spacial score (nSPS) is 10.4. The largest absolute Gasteiger partial charge is 0.313 e. The van der Waals surface area contributed by atoms with Gasteiger partial charge in [-0.1, -0.05) is 12.1 Å². The first kappa shape index (κ1) is 20.6. The van der Waals surface area contributed by atoms with Crippen LogP contribution in [0.25, 0.3) is 27.9 Å². The van der Waals surface area contributed by atoms with E-state index in [0.717, 1.165) is 28.0 Å². The van der Waals surface area contributed by atoms with Crippen molar-refractivity contribution in [1.82, 2.24) is 34.8 Å². The molecule has 0 aliphatic carbocycles. The predicted octanol–water partition coefficient (Wildman–Crippen LogP) is 2.99. The van der Waals surface area contributed by atoms with Gasteiger partial charge in [-0.25, -0.2) is 19.5 Å². The number of nitriles is 1. The number of aromatic nitrogens is 7. The molecule has 1 aromatic carbocycles. The van der Waals surface area contributed by atoms with E-state index in [1.54, 1.807) is 34.9 Å². The van der Waals surface area contributed by atoms with Gasteiger partial charge in [0.25, 0.3) is 0 Å². The molecule has 0 spiro atoms. The van der Waals surface area contributed by atoms with Gasteiger partial charge in [0.15, 0.2) is 5.65 Å². The van der Waals surface area contributed by atoms with Crippen molar-refractivity contribution < 1.29 is 4.79 Å². The Labute approximate surface area is 183 Å². The van der Waals surface area contributed by atoms with E-state index < -0.39 is 0 Å². The van der Waals surface area contributed by atoms with Gasteiger partial charge in [0, 0.05) is 30.9 Å². The molecular formula is C22H19N9O. The minimum absolute atomic E-state index is 0.00428. The van der Waals surface area contributed by atoms with E-state index in [2.05, 4.69) is 36.3 Å². The third kappa shape index (κ3) is 3.99. The first-order valence-corrected chi connectivity index (χ1v) is 9.82. The quantitative estimate of drug-likeness (QED) is 0.470. The third-order valence-corrected chi connectivity index (χ3v) is 4.79. The maximum absolute atomic E-state index is 11.7. The average molecular weight is 425 g/mol. The highest BCUT2D eigenvalue weighted by atomic mass is 16.2. The van der Waals surface area contributed by atoms with E-state index in [1.807, 2.05) is 37.3 Å². The van der Waals surface area contributed by atoms with Gasteiger partial charge < -0.3 is 4.90 Å². The van der Waals surface area contributed by atoms with Crippen LogP contribution in [0.3, 0.4) is 0 Å². The molecule has 4 heterocycles. The molecule has 0 atom stereocenters. The monoisotopic (exact) mass is 425 g/mol. The van der Waals surface area contributed by atoms with Crippen molar-refractivity contribution in [2.24, 2.45) is 0 Å². The lowest BCUT2D eigenvalue weighted by atomic mass is 10.1. The zero-order valence-corrected chi connectivity index (χ0v) is 17.5. The van der Waals surface area contributed by atoms with Crippen molar-refractivity contribution in [2.75, 3.05) is 11.4 Å². The molecule has 0 fully saturated rings. The number of hydrogen-bond acceptors (Lipinski definition) is 7. The standard InChI is InChI=1S/C17H15N5O.C5H4N4/c1-3-21(12(2)23)15-6-4-5-13(9-15)16-7-8-19-17-14(10-18)11-20-22(16)17;1-5-4(2-8-9-5)7-3-6-1/h4-9,11H,3H2,1-2H3;1-3H,(H,8,9). The molecule has 10 heteroatoms. The summed E-state index contributed by atoms with van der Waals surface area (Å²) in [7, 11) is 0. The molecule has 0 aliphatic rings. The van der Waals surface area contributed by atoms with Crippen molar-refractivity contribution in [3.63, 3.8) is 0 Å². The number of nitrogens with zero attached hydrogens (tertiary/aromatic N) is 8. The maximum atomic E-state index is 11.7. The van der Waals surface area contributed by atoms with Crippen LogP contribution >= 0.6 is 0 Å². The predicted molar refractivity (Wildman–Crippen MR) is 119 cm³/mol. The number of hydrogen-bond donors (Lipinski definition) is 1. The van der Waals surface area contributed by atoms with Crippen molar-refractivity contribution in [2.45, 2.75) is 13.8 Å². The Morgan fingerprint density at radius 2 is 2.09 bits per heavy atom. The van der Waals surface area contributed by atoms with Crippen molar-refractivity contribution in [1.29, 1.82) is 5.26 Å². The number of fused-ring (bicyclic) bond motifs is 2. The number of benzene rings is 1. The number of carbonyl (C=O) groups is 1. The van der Waals surface area contributed by atoms with Gasteiger partial charge in [-0.05, 0) is 25.1 Å². The van der Waals surface area contributed by atoms with Crippen LogP contribution in [0, 0.1) is 11.3 Å². The lowest BCUT2D eigenvalue weighted by Crippen LogP contribution is -2.27. The van der Waals surface area contributed by atoms with Gasteiger partial charge >= 0.3 is 0 Å². The van der Waals surface area contributed by atoms with Gasteiger partial charge in [0.2, 0.25) is 5.91 Å². The zero-order valence-electron chi connectivity index (χ0n) is 17.5. The summed E-state index contributed by atoms with van der Waals surface area (Å²) >= 11 is 0. The molecule has 0 saturated heterocycles. The van der Waals surface area contributed by atoms with Crippen LogP contribution in [-0.2, 0) is 4.79 Å². The Balaban J connectivity index is 0.000000225. The summed E-state index contributed by atoms with van der Waals surface area (Å²) in [6, 6.07) is 11.6. The summed E-state index contributed by atoms with van der Waals surface area (Å²) in [6.07, 6.45) is 8.01. The van der Waals surface area contributed by atoms with E-state index in [0.29, 0.717) is 17.8 Å². The van der Waals surface area contributed by atoms with E-state index in [-0.39, 0.29) is 5.91 Å². The first-order chi connectivity index (χ1) is 15.6. The fourth-order valence-electron chi connectivity index (χ4n) is 3.30. The molecule has 5 rings (SSSR count). The number of rotatable bonds is 3. The van der Waals surface area contributed by atoms with Gasteiger partial charge in [0.1, 0.15) is 29.0 Å². The smallest absolute Gasteiger partial charge is 0.223 e. The topological polar surface area (TPSA) is 129 Å². The second-order valence-corrected chi connectivity index (χ2v) is 6.74. The molecule has 10 nitrogen and oxygen atoms in total. The first-order valence-electron chi connectivity index (χ1n) is 9.82. The van der Waals surface area contributed by atoms with Crippen LogP contribution in [-0.4, -0.2) is 47.2 Å². The molecule has 0 saturated carbocycles. The Kier molecular flexibility index (Phi) is 5.81. The van der Waals surface area contributed by atoms with Crippen LogP contribution in [0.2, 0.25) is 0 Å². The van der Waals surface area contributed by atoms with Crippen molar-refractivity contribution >= 4 is 28.3 Å². The molecule has 1 N–H and O–H groups in total. The number of anilines is 1. The summed E-state index contributed by atoms with van der Waals surface area (Å²) in [5.74, 6) is -0.00428. The van der Waals surface area contributed by atoms with Gasteiger partial charge in [-0.3, -0.25) is 9.89 Å². The zero-order chi connectivity index (χ0) is 22.5. The highest BCUT2D eigenvalue weighted by Gasteiger charge is 2.13. The summed E-state index contributed by atoms with van der Waals surface area (Å²) in [4.78, 5) is 25.4. The molecule has 158 valence electrons. The number of amides is 1. The number of nitrogens with one attached hydrogen (secondary N) is 1. The molecule has 0 bridgehead atoms. The van der Waals surface area contributed by atoms with Crippen LogP contribution in [0.4, 0.5) is 5.69 Å². The Bertz CT molecular complexity index is 1400. The van der Waals surface area contributed by atoms with Gasteiger partial charge in [-0.2, -0.15) is 15.5 Å². The molecule has 1 amide bonds. The summed E-state index contributed by atoms with van der Waals surface area (Å²) < 4.78 is 1.64. The molecule has 4 aromatic heterocycles. The summed E-state index contributed by atoms with van der Waals surface area (Å²) in [5.41, 5.74) is 5.23. The fraction of sp³-hybridized carbons (Fsp3) is 0.136. The fourth-order valence-corrected chi connectivity index (χ4v) is 3.30. The minimum Gasteiger partial charge on any atom is -0.313 e. The van der Waals surface area contributed by atoms with E-state index in [4.69, 9.17) is 5.26 Å². The van der Waals surface area contributed by atoms with Gasteiger partial charge in [0.05, 0.1) is 24.3 Å². The Hall–Kier alpha value is -4.65. The maximum Gasteiger partial charge on any atom is 0.223 e. The van der Waals surface area contributed by atoms with E-state index in [9.17, 15) is 4.79 Å². The summed E-state index contributed by atoms with van der Waals surface area (Å²) in [6.45, 7) is 4.09. The number of carbonyl (C=O) groups excluding carboxylic acids is 1. The molecule has 0 radical (unpaired) electrons. The van der Waals surface area contributed by atoms with E-state index in [1.165, 1.54) is 12.5 Å². The Morgan fingerprint density at radius 1 is 1.22 bits per heavy atom. The molecule has 5 aromatic rings. The third-order valence-electron chi connectivity index (χ3n) is 4.79. The Morgan fingerprint density at radius 3 is 2.84 bits per heavy atom. The lowest BCUT2D eigenvalue weighted by Gasteiger charge is -2.19. The van der Waals surface area contributed by atoms with Crippen LogP contribution < -0.4 is 4.90 Å². The van der Waals surface area contributed by atoms with Crippen molar-refractivity contribution in [3.05, 3.63) is 67.0 Å². The average Bonchev–Trinajstić information content (AvgIpc) is 3.46. The number of aromatic amines is 1. The molecule has 0 aliphatic heterocycles. The highest BCUT2D eigenvalue weighted by Crippen LogP contribution is 2.25. The SMILES string of the molecule is CCN(C(C)=O)c1cccc(-c2ccnc3c(C#N)cnn23)c1.c1ncc2[nH]ncc2n1. The molecular weight excluding hydrogens is 406 g/mol. The van der Waals surface area contributed by atoms with Crippen LogP contribution in [0.1, 0.15) is 19.4 Å². The lowest BCUT2D eigenvalue weighted by molar-refractivity contribution is -0.116. The van der Waals surface area contributed by atoms with E-state index >= 15 is 0 Å². The molecule has 32 heavy (non-hydrogen) atoms. The minimum atomic E-state index is -0.00428. The summed E-state index contributed by atoms with van der Waals surface area (Å²) in [5, 5.41) is 19.9. The second-order valence-electron chi connectivity index (χ2n) is 6.74.